The minimum atomic E-state index is 0.652. The molecule has 2 aromatic rings. The van der Waals surface area contributed by atoms with Crippen LogP contribution in [0.1, 0.15) is 15.9 Å². The average Bonchev–Trinajstić information content (AvgIpc) is 2.35. The number of carbonyl (C=O) groups is 1. The Labute approximate surface area is 111 Å². The molecule has 0 aliphatic heterocycles. The molecule has 0 bridgehead atoms. The maximum absolute atomic E-state index is 10.1. The lowest BCUT2D eigenvalue weighted by Crippen LogP contribution is -1.74. The molecule has 3 heteroatoms. The maximum atomic E-state index is 10.1. The minimum Gasteiger partial charge on any atom is -0.298 e. The van der Waals surface area contributed by atoms with Crippen LogP contribution in [0.2, 0.25) is 10.0 Å². The second-order valence-electron chi connectivity index (χ2n) is 3.46. The first-order valence-corrected chi connectivity index (χ1v) is 5.80. The van der Waals surface area contributed by atoms with E-state index in [4.69, 9.17) is 23.2 Å². The van der Waals surface area contributed by atoms with Gasteiger partial charge in [0, 0.05) is 15.6 Å². The number of rotatable bonds is 1. The lowest BCUT2D eigenvalue weighted by Gasteiger charge is -1.88. The predicted octanol–water partition coefficient (Wildman–Crippen LogP) is 4.80. The summed E-state index contributed by atoms with van der Waals surface area (Å²) in [5, 5.41) is 1.45. The normalized spacial score (nSPS) is 9.12. The van der Waals surface area contributed by atoms with Crippen molar-refractivity contribution in [1.82, 2.24) is 0 Å². The van der Waals surface area contributed by atoms with E-state index in [1.807, 2.05) is 31.2 Å². The summed E-state index contributed by atoms with van der Waals surface area (Å²) in [4.78, 5) is 10.1. The van der Waals surface area contributed by atoms with E-state index in [0.29, 0.717) is 10.6 Å². The summed E-state index contributed by atoms with van der Waals surface area (Å²) in [6.07, 6.45) is 0.788. The average molecular weight is 267 g/mol. The van der Waals surface area contributed by atoms with Crippen molar-refractivity contribution in [3.63, 3.8) is 0 Å². The fourth-order valence-electron chi connectivity index (χ4n) is 1.07. The smallest absolute Gasteiger partial charge is 0.150 e. The van der Waals surface area contributed by atoms with E-state index in [1.54, 1.807) is 24.3 Å². The minimum absolute atomic E-state index is 0.652. The molecule has 2 aromatic carbocycles. The molecule has 0 saturated heterocycles. The Morgan fingerprint density at radius 3 is 1.59 bits per heavy atom. The topological polar surface area (TPSA) is 17.1 Å². The van der Waals surface area contributed by atoms with Crippen LogP contribution in [0.5, 0.6) is 0 Å². The van der Waals surface area contributed by atoms with E-state index in [2.05, 4.69) is 0 Å². The molecule has 0 aromatic heterocycles. The summed E-state index contributed by atoms with van der Waals surface area (Å²) in [7, 11) is 0. The zero-order valence-electron chi connectivity index (χ0n) is 9.36. The van der Waals surface area contributed by atoms with E-state index in [0.717, 1.165) is 11.3 Å². The van der Waals surface area contributed by atoms with Crippen LogP contribution in [-0.4, -0.2) is 6.29 Å². The molecule has 0 unspecified atom stereocenters. The zero-order valence-corrected chi connectivity index (χ0v) is 10.9. The van der Waals surface area contributed by atoms with E-state index in [9.17, 15) is 4.79 Å². The lowest BCUT2D eigenvalue weighted by molar-refractivity contribution is 0.112. The highest BCUT2D eigenvalue weighted by Gasteiger charge is 1.86. The molecule has 88 valence electrons. The molecule has 0 fully saturated rings. The first-order valence-electron chi connectivity index (χ1n) is 5.05. The van der Waals surface area contributed by atoms with Gasteiger partial charge in [-0.05, 0) is 31.2 Å². The molecule has 1 nitrogen and oxygen atoms in total. The van der Waals surface area contributed by atoms with Gasteiger partial charge in [-0.1, -0.05) is 53.0 Å². The molecule has 0 aliphatic rings. The Morgan fingerprint density at radius 1 is 0.824 bits per heavy atom. The van der Waals surface area contributed by atoms with Gasteiger partial charge in [-0.3, -0.25) is 4.79 Å². The van der Waals surface area contributed by atoms with Gasteiger partial charge in [0.15, 0.2) is 0 Å². The largest absolute Gasteiger partial charge is 0.298 e. The lowest BCUT2D eigenvalue weighted by atomic mass is 10.2. The van der Waals surface area contributed by atoms with Crippen molar-refractivity contribution in [2.24, 2.45) is 0 Å². The second kappa shape index (κ2) is 7.10. The fourth-order valence-corrected chi connectivity index (χ4v) is 1.33. The Hall–Kier alpha value is -1.31. The van der Waals surface area contributed by atoms with Crippen LogP contribution in [0.15, 0.2) is 48.5 Å². The van der Waals surface area contributed by atoms with Crippen molar-refractivity contribution in [2.75, 3.05) is 0 Å². The zero-order chi connectivity index (χ0) is 12.7. The summed E-state index contributed by atoms with van der Waals surface area (Å²) in [5.74, 6) is 0. The molecular formula is C14H12Cl2O. The summed E-state index contributed by atoms with van der Waals surface area (Å²) in [6, 6.07) is 14.5. The van der Waals surface area contributed by atoms with E-state index in [1.165, 1.54) is 5.56 Å². The van der Waals surface area contributed by atoms with Crippen LogP contribution in [0.25, 0.3) is 0 Å². The molecule has 0 spiro atoms. The highest BCUT2D eigenvalue weighted by Crippen LogP contribution is 2.08. The van der Waals surface area contributed by atoms with Crippen molar-refractivity contribution in [2.45, 2.75) is 6.92 Å². The standard InChI is InChI=1S/C7H5ClO.C7H7Cl/c8-7-3-1-6(5-9)2-4-7;1-6-2-4-7(8)5-3-6/h1-5H;2-5H,1H3. The molecule has 0 atom stereocenters. The summed E-state index contributed by atoms with van der Waals surface area (Å²) < 4.78 is 0. The first-order chi connectivity index (χ1) is 8.11. The van der Waals surface area contributed by atoms with Crippen molar-refractivity contribution in [1.29, 1.82) is 0 Å². The quantitative estimate of drug-likeness (QED) is 0.678. The molecule has 0 aliphatic carbocycles. The molecule has 0 N–H and O–H groups in total. The summed E-state index contributed by atoms with van der Waals surface area (Å²) >= 11 is 11.2. The highest BCUT2D eigenvalue weighted by molar-refractivity contribution is 6.30. The van der Waals surface area contributed by atoms with E-state index < -0.39 is 0 Å². The summed E-state index contributed by atoms with van der Waals surface area (Å²) in [5.41, 5.74) is 1.90. The van der Waals surface area contributed by atoms with Gasteiger partial charge < -0.3 is 0 Å². The van der Waals surface area contributed by atoms with Crippen LogP contribution in [0.3, 0.4) is 0 Å². The SMILES string of the molecule is Cc1ccc(Cl)cc1.O=Cc1ccc(Cl)cc1. The highest BCUT2D eigenvalue weighted by atomic mass is 35.5. The van der Waals surface area contributed by atoms with Gasteiger partial charge in [-0.15, -0.1) is 0 Å². The van der Waals surface area contributed by atoms with Crippen LogP contribution < -0.4 is 0 Å². The van der Waals surface area contributed by atoms with Crippen LogP contribution in [-0.2, 0) is 0 Å². The van der Waals surface area contributed by atoms with Crippen LogP contribution >= 0.6 is 23.2 Å². The van der Waals surface area contributed by atoms with Crippen LogP contribution in [0.4, 0.5) is 0 Å². The predicted molar refractivity (Wildman–Crippen MR) is 73.0 cm³/mol. The Balaban J connectivity index is 0.000000171. The number of hydrogen-bond donors (Lipinski definition) is 0. The molecular weight excluding hydrogens is 255 g/mol. The molecule has 17 heavy (non-hydrogen) atoms. The monoisotopic (exact) mass is 266 g/mol. The Morgan fingerprint density at radius 2 is 1.24 bits per heavy atom. The van der Waals surface area contributed by atoms with Gasteiger partial charge >= 0.3 is 0 Å². The van der Waals surface area contributed by atoms with Gasteiger partial charge in [0.25, 0.3) is 0 Å². The fraction of sp³-hybridized carbons (Fsp3) is 0.0714. The first kappa shape index (κ1) is 13.8. The third kappa shape index (κ3) is 5.53. The van der Waals surface area contributed by atoms with E-state index >= 15 is 0 Å². The van der Waals surface area contributed by atoms with E-state index in [-0.39, 0.29) is 0 Å². The Kier molecular flexibility index (Phi) is 5.75. The van der Waals surface area contributed by atoms with Gasteiger partial charge in [-0.25, -0.2) is 0 Å². The summed E-state index contributed by atoms with van der Waals surface area (Å²) in [6.45, 7) is 2.04. The number of halogens is 2. The molecule has 0 saturated carbocycles. The number of aryl methyl sites for hydroxylation is 1. The van der Waals surface area contributed by atoms with Crippen LogP contribution in [0, 0.1) is 6.92 Å². The number of benzene rings is 2. The molecule has 0 heterocycles. The van der Waals surface area contributed by atoms with Crippen molar-refractivity contribution in [3.05, 3.63) is 69.7 Å². The van der Waals surface area contributed by atoms with Gasteiger partial charge in [-0.2, -0.15) is 0 Å². The molecule has 0 amide bonds. The van der Waals surface area contributed by atoms with Gasteiger partial charge in [0.1, 0.15) is 6.29 Å². The molecule has 0 radical (unpaired) electrons. The van der Waals surface area contributed by atoms with Gasteiger partial charge in [0.2, 0.25) is 0 Å². The maximum Gasteiger partial charge on any atom is 0.150 e. The molecule has 2 rings (SSSR count). The third-order valence-electron chi connectivity index (χ3n) is 2.02. The number of hydrogen-bond acceptors (Lipinski definition) is 1. The third-order valence-corrected chi connectivity index (χ3v) is 2.52. The van der Waals surface area contributed by atoms with Crippen molar-refractivity contribution >= 4 is 29.5 Å². The van der Waals surface area contributed by atoms with Crippen molar-refractivity contribution in [3.8, 4) is 0 Å². The van der Waals surface area contributed by atoms with Gasteiger partial charge in [0.05, 0.1) is 0 Å². The Bertz CT molecular complexity index is 440. The number of carbonyl (C=O) groups excluding carboxylic acids is 1. The number of aldehydes is 1. The van der Waals surface area contributed by atoms with Crippen molar-refractivity contribution < 1.29 is 4.79 Å². The second-order valence-corrected chi connectivity index (χ2v) is 4.34.